The molecule has 1 saturated carbocycles. The Kier molecular flexibility index (Phi) is 9.56. The van der Waals surface area contributed by atoms with Crippen LogP contribution in [0.3, 0.4) is 0 Å². The number of alkyl halides is 1. The highest BCUT2D eigenvalue weighted by Gasteiger charge is 2.48. The first-order valence-corrected chi connectivity index (χ1v) is 15.4. The van der Waals surface area contributed by atoms with E-state index in [2.05, 4.69) is 25.8 Å². The third-order valence-corrected chi connectivity index (χ3v) is 7.99. The minimum absolute atomic E-state index is 0.0403. The largest absolute Gasteiger partial charge is 0.491 e. The third kappa shape index (κ3) is 8.68. The maximum atomic E-state index is 15.3. The molecule has 242 valence electrons. The topological polar surface area (TPSA) is 155 Å². The number of rotatable bonds is 10. The lowest BCUT2D eigenvalue weighted by atomic mass is 9.94. The van der Waals surface area contributed by atoms with Crippen LogP contribution < -0.4 is 16.0 Å². The Morgan fingerprint density at radius 2 is 1.93 bits per heavy atom. The predicted molar refractivity (Wildman–Crippen MR) is 170 cm³/mol. The van der Waals surface area contributed by atoms with Gasteiger partial charge < -0.3 is 41.1 Å². The van der Waals surface area contributed by atoms with Gasteiger partial charge in [0.2, 0.25) is 0 Å². The summed E-state index contributed by atoms with van der Waals surface area (Å²) in [6.45, 7) is 7.66. The molecule has 3 heterocycles. The summed E-state index contributed by atoms with van der Waals surface area (Å²) < 4.78 is 26.6. The van der Waals surface area contributed by atoms with Gasteiger partial charge in [0.05, 0.1) is 36.7 Å². The van der Waals surface area contributed by atoms with Crippen molar-refractivity contribution in [2.75, 3.05) is 39.3 Å². The number of piperidine rings is 1. The van der Waals surface area contributed by atoms with Crippen molar-refractivity contribution in [3.63, 3.8) is 0 Å². The maximum Gasteiger partial charge on any atom is 0.410 e. The molecular formula is C32H43FN8O4. The first-order valence-electron chi connectivity index (χ1n) is 15.4. The number of carbonyl (C=O) groups excluding carboxylic acids is 2. The summed E-state index contributed by atoms with van der Waals surface area (Å²) in [5.74, 6) is 0.625. The molecule has 13 heteroatoms. The molecule has 2 amide bonds. The second-order valence-electron chi connectivity index (χ2n) is 13.2. The first-order chi connectivity index (χ1) is 21.4. The molecule has 3 fully saturated rings. The normalized spacial score (nSPS) is 23.8. The first kappa shape index (κ1) is 32.1. The highest BCUT2D eigenvalue weighted by Crippen LogP contribution is 2.32. The van der Waals surface area contributed by atoms with Crippen LogP contribution in [0, 0.1) is 16.7 Å². The molecule has 45 heavy (non-hydrogen) atoms. The molecule has 5 N–H and O–H groups in total. The number of amides is 2. The maximum absolute atomic E-state index is 15.3. The van der Waals surface area contributed by atoms with Crippen LogP contribution in [0.1, 0.15) is 46.5 Å². The van der Waals surface area contributed by atoms with Crippen LogP contribution in [0.15, 0.2) is 64.0 Å². The number of hydrogen-bond acceptors (Lipinski definition) is 10. The summed E-state index contributed by atoms with van der Waals surface area (Å²) in [7, 11) is 0. The number of hydrogen-bond donors (Lipinski definition) is 5. The van der Waals surface area contributed by atoms with Crippen molar-refractivity contribution >= 4 is 30.1 Å². The van der Waals surface area contributed by atoms with Crippen LogP contribution in [0.25, 0.3) is 0 Å². The van der Waals surface area contributed by atoms with Crippen molar-refractivity contribution in [1.29, 1.82) is 10.8 Å². The zero-order chi connectivity index (χ0) is 32.2. The van der Waals surface area contributed by atoms with Gasteiger partial charge in [-0.15, -0.1) is 0 Å². The van der Waals surface area contributed by atoms with E-state index in [-0.39, 0.29) is 42.8 Å². The van der Waals surface area contributed by atoms with Gasteiger partial charge in [-0.2, -0.15) is 0 Å². The van der Waals surface area contributed by atoms with Gasteiger partial charge in [-0.3, -0.25) is 9.69 Å². The molecule has 2 saturated heterocycles. The number of aliphatic imine (C=N–C) groups is 1. The third-order valence-electron chi connectivity index (χ3n) is 7.99. The van der Waals surface area contributed by atoms with Crippen LogP contribution in [-0.4, -0.2) is 96.6 Å². The van der Waals surface area contributed by atoms with Crippen molar-refractivity contribution in [1.82, 2.24) is 25.8 Å². The lowest BCUT2D eigenvalue weighted by Gasteiger charge is -2.47. The Bertz CT molecular complexity index is 1390. The summed E-state index contributed by atoms with van der Waals surface area (Å²) in [5, 5.41) is 25.5. The lowest BCUT2D eigenvalue weighted by molar-refractivity contribution is -0.116. The molecule has 12 nitrogen and oxygen atoms in total. The molecule has 5 rings (SSSR count). The van der Waals surface area contributed by atoms with Gasteiger partial charge in [0.15, 0.2) is 5.67 Å². The number of nitrogens with one attached hydrogen (secondary N) is 5. The standard InChI is InChI=1S/C32H43FN8O4/c1-31(2,3)45-30(43)41-19-32(33,20-41)18-40-11-7-23(8-12-40)38-16-22-13-26(27(14-25(22)35)44-17-21-5-6-21)39-29(42)24(15-34)28-36-9-4-10-37-28/h4,9-10,13-16,21,23,34-36,38H,5-8,11-12,17-20H2,1-3H3,(H,39,42)/b22-16-,28-24-,34-15?,35-25?. The number of halogens is 1. The lowest BCUT2D eigenvalue weighted by Crippen LogP contribution is -2.66. The monoisotopic (exact) mass is 622 g/mol. The SMILES string of the molecule is CC(C)(C)OC(=O)N1CC(F)(CN2CCC(N/C=C3/C=C(NC(=O)/C(C=N)=C4\N=CC=CN4)C(OCC4CC4)=CC3=N)CC2)C1. The van der Waals surface area contributed by atoms with E-state index < -0.39 is 23.3 Å². The van der Waals surface area contributed by atoms with Crippen LogP contribution in [0.2, 0.25) is 0 Å². The zero-order valence-electron chi connectivity index (χ0n) is 26.1. The summed E-state index contributed by atoms with van der Waals surface area (Å²) in [5.41, 5.74) is -0.755. The predicted octanol–water partition coefficient (Wildman–Crippen LogP) is 3.28. The fraction of sp³-hybridized carbons (Fsp3) is 0.531. The molecule has 3 aliphatic heterocycles. The highest BCUT2D eigenvalue weighted by molar-refractivity contribution is 6.14. The molecule has 0 aromatic carbocycles. The molecular weight excluding hydrogens is 579 g/mol. The van der Waals surface area contributed by atoms with Gasteiger partial charge >= 0.3 is 6.09 Å². The van der Waals surface area contributed by atoms with E-state index in [0.29, 0.717) is 42.6 Å². The summed E-state index contributed by atoms with van der Waals surface area (Å²) in [4.78, 5) is 33.0. The fourth-order valence-corrected chi connectivity index (χ4v) is 5.39. The van der Waals surface area contributed by atoms with E-state index in [9.17, 15) is 9.59 Å². The van der Waals surface area contributed by atoms with Gasteiger partial charge in [0.1, 0.15) is 17.2 Å². The van der Waals surface area contributed by atoms with E-state index in [1.807, 2.05) is 0 Å². The number of ether oxygens (including phenoxy) is 2. The Labute approximate surface area is 263 Å². The van der Waals surface area contributed by atoms with Gasteiger partial charge in [0.25, 0.3) is 5.91 Å². The van der Waals surface area contributed by atoms with Crippen LogP contribution in [-0.2, 0) is 14.3 Å². The molecule has 5 aliphatic rings. The zero-order valence-corrected chi connectivity index (χ0v) is 26.1. The summed E-state index contributed by atoms with van der Waals surface area (Å²) >= 11 is 0. The van der Waals surface area contributed by atoms with E-state index in [1.54, 1.807) is 51.4 Å². The average Bonchev–Trinajstić information content (AvgIpc) is 3.80. The van der Waals surface area contributed by atoms with E-state index in [0.717, 1.165) is 31.9 Å². The second-order valence-corrected chi connectivity index (χ2v) is 13.2. The number of likely N-dealkylation sites (tertiary alicyclic amines) is 2. The molecule has 0 aromatic rings. The van der Waals surface area contributed by atoms with E-state index in [1.165, 1.54) is 11.1 Å². The Balaban J connectivity index is 1.16. The number of allylic oxidation sites excluding steroid dienone is 4. The Morgan fingerprint density at radius 1 is 1.20 bits per heavy atom. The molecule has 0 unspecified atom stereocenters. The molecule has 0 bridgehead atoms. The molecule has 0 aromatic heterocycles. The van der Waals surface area contributed by atoms with Gasteiger partial charge in [-0.1, -0.05) is 0 Å². The molecule has 0 spiro atoms. The van der Waals surface area contributed by atoms with Gasteiger partial charge in [0, 0.05) is 62.2 Å². The van der Waals surface area contributed by atoms with Crippen molar-refractivity contribution in [2.45, 2.75) is 63.8 Å². The van der Waals surface area contributed by atoms with E-state index in [4.69, 9.17) is 20.3 Å². The molecule has 0 atom stereocenters. The molecule has 2 aliphatic carbocycles. The van der Waals surface area contributed by atoms with Crippen molar-refractivity contribution < 1.29 is 23.5 Å². The van der Waals surface area contributed by atoms with Crippen LogP contribution >= 0.6 is 0 Å². The fourth-order valence-electron chi connectivity index (χ4n) is 5.39. The Hall–Kier alpha value is -4.26. The van der Waals surface area contributed by atoms with Crippen LogP contribution in [0.5, 0.6) is 0 Å². The summed E-state index contributed by atoms with van der Waals surface area (Å²) in [6, 6.07) is 0.136. The van der Waals surface area contributed by atoms with Crippen molar-refractivity contribution in [2.24, 2.45) is 10.9 Å². The number of nitrogens with zero attached hydrogens (tertiary/aromatic N) is 3. The average molecular weight is 623 g/mol. The minimum atomic E-state index is -1.43. The van der Waals surface area contributed by atoms with Crippen molar-refractivity contribution in [3.8, 4) is 0 Å². The van der Waals surface area contributed by atoms with Crippen molar-refractivity contribution in [3.05, 3.63) is 59.1 Å². The Morgan fingerprint density at radius 3 is 2.56 bits per heavy atom. The highest BCUT2D eigenvalue weighted by atomic mass is 19.1. The number of carbonyl (C=O) groups is 2. The van der Waals surface area contributed by atoms with Crippen LogP contribution in [0.4, 0.5) is 9.18 Å². The second kappa shape index (κ2) is 13.4. The van der Waals surface area contributed by atoms with Gasteiger partial charge in [-0.25, -0.2) is 14.2 Å². The molecule has 0 radical (unpaired) electrons. The minimum Gasteiger partial charge on any atom is -0.491 e. The van der Waals surface area contributed by atoms with Gasteiger partial charge in [-0.05, 0) is 64.5 Å². The quantitative estimate of drug-likeness (QED) is 0.185. The smallest absolute Gasteiger partial charge is 0.410 e. The summed E-state index contributed by atoms with van der Waals surface area (Å²) in [6.07, 6.45) is 14.2. The van der Waals surface area contributed by atoms with E-state index >= 15 is 4.39 Å².